The molecule has 130 valence electrons. The van der Waals surface area contributed by atoms with Crippen LogP contribution in [-0.4, -0.2) is 31.3 Å². The van der Waals surface area contributed by atoms with E-state index < -0.39 is 10.0 Å². The van der Waals surface area contributed by atoms with Gasteiger partial charge >= 0.3 is 0 Å². The first-order valence-corrected chi connectivity index (χ1v) is 9.66. The number of sulfonamides is 1. The van der Waals surface area contributed by atoms with Gasteiger partial charge in [-0.25, -0.2) is 13.1 Å². The number of fused-ring (bicyclic) bond motifs is 1. The van der Waals surface area contributed by atoms with Gasteiger partial charge in [-0.3, -0.25) is 4.68 Å². The maximum absolute atomic E-state index is 12.4. The van der Waals surface area contributed by atoms with Crippen molar-refractivity contribution < 1.29 is 13.2 Å². The standard InChI is InChI=1S/C17H23N3O3S/c1-13(2)14-3-5-16(6-4-14)24(21,22)19-8-9-20-17-7-10-23-12-15(17)11-18-20/h3-6,11,13,19H,7-10,12H2,1-2H3. The van der Waals surface area contributed by atoms with Gasteiger partial charge in [0.25, 0.3) is 0 Å². The quantitative estimate of drug-likeness (QED) is 0.866. The highest BCUT2D eigenvalue weighted by molar-refractivity contribution is 7.89. The topological polar surface area (TPSA) is 73.2 Å². The summed E-state index contributed by atoms with van der Waals surface area (Å²) in [6.07, 6.45) is 2.62. The van der Waals surface area contributed by atoms with Crippen LogP contribution in [0.3, 0.4) is 0 Å². The van der Waals surface area contributed by atoms with Gasteiger partial charge in [0.2, 0.25) is 10.0 Å². The molecule has 0 bridgehead atoms. The molecule has 0 saturated carbocycles. The van der Waals surface area contributed by atoms with E-state index in [9.17, 15) is 8.42 Å². The van der Waals surface area contributed by atoms with Gasteiger partial charge in [-0.05, 0) is 23.6 Å². The van der Waals surface area contributed by atoms with Crippen molar-refractivity contribution in [2.75, 3.05) is 13.2 Å². The molecule has 1 aliphatic heterocycles. The van der Waals surface area contributed by atoms with Crippen LogP contribution in [0.4, 0.5) is 0 Å². The molecule has 0 radical (unpaired) electrons. The third kappa shape index (κ3) is 3.68. The fourth-order valence-electron chi connectivity index (χ4n) is 2.80. The second-order valence-electron chi connectivity index (χ2n) is 6.26. The smallest absolute Gasteiger partial charge is 0.240 e. The molecule has 0 spiro atoms. The average Bonchev–Trinajstić information content (AvgIpc) is 2.98. The predicted molar refractivity (Wildman–Crippen MR) is 91.3 cm³/mol. The summed E-state index contributed by atoms with van der Waals surface area (Å²) in [5, 5.41) is 4.32. The lowest BCUT2D eigenvalue weighted by Crippen LogP contribution is -2.28. The van der Waals surface area contributed by atoms with Crippen molar-refractivity contribution in [3.05, 3.63) is 47.3 Å². The van der Waals surface area contributed by atoms with Crippen molar-refractivity contribution in [2.24, 2.45) is 0 Å². The summed E-state index contributed by atoms with van der Waals surface area (Å²) in [6, 6.07) is 7.04. The molecule has 2 heterocycles. The lowest BCUT2D eigenvalue weighted by atomic mass is 10.0. The first-order chi connectivity index (χ1) is 11.5. The number of rotatable bonds is 6. The molecule has 1 aliphatic rings. The lowest BCUT2D eigenvalue weighted by molar-refractivity contribution is 0.109. The second kappa shape index (κ2) is 7.04. The molecule has 0 unspecified atom stereocenters. The van der Waals surface area contributed by atoms with E-state index in [1.54, 1.807) is 18.3 Å². The third-order valence-electron chi connectivity index (χ3n) is 4.25. The molecule has 1 aromatic carbocycles. The van der Waals surface area contributed by atoms with Crippen molar-refractivity contribution in [3.63, 3.8) is 0 Å². The summed E-state index contributed by atoms with van der Waals surface area (Å²) < 4.78 is 34.6. The van der Waals surface area contributed by atoms with Gasteiger partial charge < -0.3 is 4.74 Å². The van der Waals surface area contributed by atoms with Gasteiger partial charge in [0.1, 0.15) is 0 Å². The SMILES string of the molecule is CC(C)c1ccc(S(=O)(=O)NCCn2ncc3c2CCOC3)cc1. The summed E-state index contributed by atoms with van der Waals surface area (Å²) in [7, 11) is -3.49. The molecule has 2 aromatic rings. The Morgan fingerprint density at radius 1 is 1.29 bits per heavy atom. The molecular formula is C17H23N3O3S. The normalized spacial score (nSPS) is 14.8. The van der Waals surface area contributed by atoms with Crippen molar-refractivity contribution in [1.29, 1.82) is 0 Å². The Kier molecular flexibility index (Phi) is 5.03. The number of hydrogen-bond donors (Lipinski definition) is 1. The number of ether oxygens (including phenoxy) is 1. The van der Waals surface area contributed by atoms with Gasteiger partial charge in [-0.2, -0.15) is 5.10 Å². The number of hydrogen-bond acceptors (Lipinski definition) is 4. The molecule has 0 fully saturated rings. The van der Waals surface area contributed by atoms with Crippen molar-refractivity contribution in [3.8, 4) is 0 Å². The second-order valence-corrected chi connectivity index (χ2v) is 8.03. The van der Waals surface area contributed by atoms with Gasteiger partial charge in [0.15, 0.2) is 0 Å². The van der Waals surface area contributed by atoms with Crippen LogP contribution in [0, 0.1) is 0 Å². The Hall–Kier alpha value is -1.70. The summed E-state index contributed by atoms with van der Waals surface area (Å²) in [5.74, 6) is 0.379. The molecule has 1 aromatic heterocycles. The van der Waals surface area contributed by atoms with E-state index in [0.717, 1.165) is 23.2 Å². The Balaban J connectivity index is 1.62. The van der Waals surface area contributed by atoms with Crippen LogP contribution >= 0.6 is 0 Å². The van der Waals surface area contributed by atoms with Crippen LogP contribution in [-0.2, 0) is 34.3 Å². The lowest BCUT2D eigenvalue weighted by Gasteiger charge is -2.15. The summed E-state index contributed by atoms with van der Waals surface area (Å²) in [4.78, 5) is 0.294. The number of aromatic nitrogens is 2. The molecule has 0 saturated heterocycles. The van der Waals surface area contributed by atoms with Gasteiger partial charge in [0.05, 0.1) is 30.9 Å². The Bertz CT molecular complexity index is 795. The van der Waals surface area contributed by atoms with Crippen molar-refractivity contribution in [1.82, 2.24) is 14.5 Å². The highest BCUT2D eigenvalue weighted by atomic mass is 32.2. The molecule has 0 aliphatic carbocycles. The van der Waals surface area contributed by atoms with E-state index in [-0.39, 0.29) is 0 Å². The monoisotopic (exact) mass is 349 g/mol. The van der Waals surface area contributed by atoms with Gasteiger partial charge in [-0.15, -0.1) is 0 Å². The highest BCUT2D eigenvalue weighted by Crippen LogP contribution is 2.18. The third-order valence-corrected chi connectivity index (χ3v) is 5.73. The zero-order chi connectivity index (χ0) is 17.2. The largest absolute Gasteiger partial charge is 0.376 e. The maximum atomic E-state index is 12.4. The Labute approximate surface area is 142 Å². The minimum atomic E-state index is -3.49. The van der Waals surface area contributed by atoms with Crippen LogP contribution in [0.5, 0.6) is 0 Å². The molecule has 24 heavy (non-hydrogen) atoms. The van der Waals surface area contributed by atoms with E-state index in [1.807, 2.05) is 16.8 Å². The van der Waals surface area contributed by atoms with Crippen molar-refractivity contribution >= 4 is 10.0 Å². The van der Waals surface area contributed by atoms with E-state index in [1.165, 1.54) is 0 Å². The van der Waals surface area contributed by atoms with E-state index in [0.29, 0.717) is 37.1 Å². The minimum Gasteiger partial charge on any atom is -0.376 e. The van der Waals surface area contributed by atoms with Crippen LogP contribution in [0.1, 0.15) is 36.6 Å². The summed E-state index contributed by atoms with van der Waals surface area (Å²) in [6.45, 7) is 6.26. The molecule has 3 rings (SSSR count). The number of benzene rings is 1. The van der Waals surface area contributed by atoms with E-state index >= 15 is 0 Å². The molecule has 7 heteroatoms. The Morgan fingerprint density at radius 3 is 2.75 bits per heavy atom. The number of nitrogens with one attached hydrogen (secondary N) is 1. The fraction of sp³-hybridized carbons (Fsp3) is 0.471. The van der Waals surface area contributed by atoms with Gasteiger partial charge in [-0.1, -0.05) is 26.0 Å². The molecule has 0 atom stereocenters. The van der Waals surface area contributed by atoms with E-state index in [2.05, 4.69) is 23.7 Å². The highest BCUT2D eigenvalue weighted by Gasteiger charge is 2.17. The van der Waals surface area contributed by atoms with Crippen LogP contribution in [0.15, 0.2) is 35.4 Å². The molecule has 6 nitrogen and oxygen atoms in total. The van der Waals surface area contributed by atoms with Crippen molar-refractivity contribution in [2.45, 2.75) is 44.2 Å². The fourth-order valence-corrected chi connectivity index (χ4v) is 3.83. The molecule has 1 N–H and O–H groups in total. The predicted octanol–water partition coefficient (Wildman–Crippen LogP) is 2.06. The van der Waals surface area contributed by atoms with Crippen LogP contribution in [0.2, 0.25) is 0 Å². The number of nitrogens with zero attached hydrogens (tertiary/aromatic N) is 2. The van der Waals surface area contributed by atoms with E-state index in [4.69, 9.17) is 4.74 Å². The first-order valence-electron chi connectivity index (χ1n) is 8.18. The van der Waals surface area contributed by atoms with Gasteiger partial charge in [0, 0.05) is 24.2 Å². The van der Waals surface area contributed by atoms with Crippen LogP contribution < -0.4 is 4.72 Å². The average molecular weight is 349 g/mol. The molecule has 0 amide bonds. The minimum absolute atomic E-state index is 0.294. The zero-order valence-corrected chi connectivity index (χ0v) is 14.8. The maximum Gasteiger partial charge on any atom is 0.240 e. The summed E-state index contributed by atoms with van der Waals surface area (Å²) >= 11 is 0. The summed E-state index contributed by atoms with van der Waals surface area (Å²) in [5.41, 5.74) is 3.36. The zero-order valence-electron chi connectivity index (χ0n) is 14.0. The Morgan fingerprint density at radius 2 is 2.04 bits per heavy atom. The van der Waals surface area contributed by atoms with Crippen LogP contribution in [0.25, 0.3) is 0 Å². The molecular weight excluding hydrogens is 326 g/mol. The first kappa shape index (κ1) is 17.1.